The standard InChI is InChI=1S/C18H23N7O7S.CH4/c1-11-3-5-13(25(28)29)9-15(11)33(30,31)23-14-6-4-12(2)24(17(14)27)10-16(26)21-7-8-32-22-18(19)20;/h3-6,9,23H,7-8,10H2,1-2H3,(H,21,26)(H4,19,20,22);1H4. The van der Waals surface area contributed by atoms with Crippen LogP contribution in [0.15, 0.2) is 45.2 Å². The van der Waals surface area contributed by atoms with E-state index in [1.807, 2.05) is 0 Å². The molecule has 0 aliphatic carbocycles. The molecule has 0 unspecified atom stereocenters. The maximum absolute atomic E-state index is 12.8. The van der Waals surface area contributed by atoms with Crippen molar-refractivity contribution in [3.05, 3.63) is 62.1 Å². The molecule has 0 aliphatic heterocycles. The Morgan fingerprint density at radius 3 is 2.53 bits per heavy atom. The first-order valence-corrected chi connectivity index (χ1v) is 10.9. The van der Waals surface area contributed by atoms with Crippen molar-refractivity contribution in [2.45, 2.75) is 32.7 Å². The van der Waals surface area contributed by atoms with E-state index in [1.54, 1.807) is 6.92 Å². The smallest absolute Gasteiger partial charge is 0.275 e. The number of nitrogens with one attached hydrogen (secondary N) is 2. The summed E-state index contributed by atoms with van der Waals surface area (Å²) in [6.45, 7) is 2.69. The molecule has 15 heteroatoms. The van der Waals surface area contributed by atoms with E-state index < -0.39 is 38.6 Å². The van der Waals surface area contributed by atoms with Crippen molar-refractivity contribution in [1.82, 2.24) is 9.88 Å². The van der Waals surface area contributed by atoms with Gasteiger partial charge in [0, 0.05) is 17.8 Å². The lowest BCUT2D eigenvalue weighted by Crippen LogP contribution is -2.36. The predicted molar refractivity (Wildman–Crippen MR) is 126 cm³/mol. The number of non-ortho nitro benzene ring substituents is 1. The quantitative estimate of drug-likeness (QED) is 0.115. The highest BCUT2D eigenvalue weighted by Crippen LogP contribution is 2.23. The number of sulfonamides is 1. The van der Waals surface area contributed by atoms with Gasteiger partial charge in [-0.25, -0.2) is 8.42 Å². The van der Waals surface area contributed by atoms with Crippen LogP contribution in [0.3, 0.4) is 0 Å². The number of nitrogens with zero attached hydrogens (tertiary/aromatic N) is 3. The van der Waals surface area contributed by atoms with E-state index in [2.05, 4.69) is 15.2 Å². The number of hydrogen-bond acceptors (Lipinski definition) is 8. The summed E-state index contributed by atoms with van der Waals surface area (Å²) in [7, 11) is -4.33. The van der Waals surface area contributed by atoms with Gasteiger partial charge in [-0.15, -0.1) is 0 Å². The fourth-order valence-electron chi connectivity index (χ4n) is 2.69. The maximum Gasteiger partial charge on any atom is 0.275 e. The summed E-state index contributed by atoms with van der Waals surface area (Å²) in [5.41, 5.74) is 9.33. The number of rotatable bonds is 10. The number of nitro benzene ring substituents is 1. The Morgan fingerprint density at radius 1 is 1.24 bits per heavy atom. The van der Waals surface area contributed by atoms with Gasteiger partial charge >= 0.3 is 0 Å². The zero-order valence-electron chi connectivity index (χ0n) is 17.8. The van der Waals surface area contributed by atoms with Crippen molar-refractivity contribution in [1.29, 1.82) is 0 Å². The van der Waals surface area contributed by atoms with Crippen LogP contribution in [0.5, 0.6) is 0 Å². The Labute approximate surface area is 195 Å². The number of nitro groups is 1. The van der Waals surface area contributed by atoms with E-state index in [0.29, 0.717) is 5.69 Å². The van der Waals surface area contributed by atoms with Crippen LogP contribution in [-0.4, -0.2) is 42.9 Å². The van der Waals surface area contributed by atoms with Crippen molar-refractivity contribution in [3.8, 4) is 0 Å². The molecule has 1 amide bonds. The molecule has 34 heavy (non-hydrogen) atoms. The second-order valence-electron chi connectivity index (χ2n) is 6.79. The van der Waals surface area contributed by atoms with Gasteiger partial charge in [0.15, 0.2) is 0 Å². The lowest BCUT2D eigenvalue weighted by atomic mass is 10.2. The second kappa shape index (κ2) is 11.6. The van der Waals surface area contributed by atoms with Crippen molar-refractivity contribution < 1.29 is 23.0 Å². The minimum atomic E-state index is -4.33. The number of nitrogens with two attached hydrogens (primary N) is 2. The summed E-state index contributed by atoms with van der Waals surface area (Å²) in [4.78, 5) is 39.6. The molecular weight excluding hydrogens is 470 g/mol. The van der Waals surface area contributed by atoms with Crippen LogP contribution >= 0.6 is 0 Å². The average molecular weight is 498 g/mol. The third kappa shape index (κ3) is 7.19. The highest BCUT2D eigenvalue weighted by Gasteiger charge is 2.22. The van der Waals surface area contributed by atoms with Crippen LogP contribution in [0.25, 0.3) is 0 Å². The highest BCUT2D eigenvalue weighted by atomic mass is 32.2. The van der Waals surface area contributed by atoms with E-state index in [1.165, 1.54) is 31.2 Å². The molecule has 2 rings (SSSR count). The van der Waals surface area contributed by atoms with Crippen LogP contribution in [0, 0.1) is 24.0 Å². The molecule has 0 atom stereocenters. The second-order valence-corrected chi connectivity index (χ2v) is 8.44. The molecule has 0 aliphatic rings. The first kappa shape index (κ1) is 27.9. The summed E-state index contributed by atoms with van der Waals surface area (Å²) in [5.74, 6) is -0.814. The van der Waals surface area contributed by atoms with Gasteiger partial charge in [-0.2, -0.15) is 0 Å². The molecule has 1 aromatic heterocycles. The third-order valence-corrected chi connectivity index (χ3v) is 5.80. The maximum atomic E-state index is 12.8. The fraction of sp³-hybridized carbons (Fsp3) is 0.316. The molecule has 0 saturated heterocycles. The molecule has 0 fully saturated rings. The van der Waals surface area contributed by atoms with Gasteiger partial charge < -0.3 is 26.2 Å². The van der Waals surface area contributed by atoms with E-state index >= 15 is 0 Å². The Kier molecular flexibility index (Phi) is 9.55. The molecule has 0 saturated carbocycles. The largest absolute Gasteiger partial charge is 0.391 e. The third-order valence-electron chi connectivity index (χ3n) is 4.30. The molecule has 1 heterocycles. The molecule has 1 aromatic carbocycles. The number of carbonyl (C=O) groups excluding carboxylic acids is 1. The van der Waals surface area contributed by atoms with Crippen LogP contribution < -0.4 is 27.1 Å². The number of aryl methyl sites for hydroxylation is 2. The van der Waals surface area contributed by atoms with Gasteiger partial charge in [-0.05, 0) is 36.7 Å². The zero-order valence-corrected chi connectivity index (χ0v) is 18.6. The molecular formula is C19H27N7O7S. The first-order valence-electron chi connectivity index (χ1n) is 9.38. The number of amides is 1. The molecule has 14 nitrogen and oxygen atoms in total. The molecule has 6 N–H and O–H groups in total. The Morgan fingerprint density at radius 2 is 1.91 bits per heavy atom. The monoisotopic (exact) mass is 497 g/mol. The fourth-order valence-corrected chi connectivity index (χ4v) is 4.01. The zero-order chi connectivity index (χ0) is 24.8. The summed E-state index contributed by atoms with van der Waals surface area (Å²) in [5, 5.41) is 16.8. The van der Waals surface area contributed by atoms with Gasteiger partial charge in [0.25, 0.3) is 21.3 Å². The molecule has 2 aromatic rings. The summed E-state index contributed by atoms with van der Waals surface area (Å²) < 4.78 is 28.9. The van der Waals surface area contributed by atoms with Crippen LogP contribution in [0.1, 0.15) is 18.7 Å². The number of aromatic nitrogens is 1. The van der Waals surface area contributed by atoms with E-state index in [9.17, 15) is 28.1 Å². The Hall–Kier alpha value is -4.14. The molecule has 186 valence electrons. The Balaban J connectivity index is 0.00000578. The summed E-state index contributed by atoms with van der Waals surface area (Å²) in [6, 6.07) is 6.08. The average Bonchev–Trinajstić information content (AvgIpc) is 2.72. The van der Waals surface area contributed by atoms with Crippen molar-refractivity contribution in [2.75, 3.05) is 17.9 Å². The Bertz CT molecular complexity index is 1250. The van der Waals surface area contributed by atoms with Crippen LogP contribution in [0.2, 0.25) is 0 Å². The van der Waals surface area contributed by atoms with Crippen molar-refractivity contribution in [3.63, 3.8) is 0 Å². The topological polar surface area (TPSA) is 214 Å². The minimum absolute atomic E-state index is 0. The number of carbonyl (C=O) groups is 1. The van der Waals surface area contributed by atoms with Gasteiger partial charge in [-0.1, -0.05) is 13.5 Å². The van der Waals surface area contributed by atoms with E-state index in [-0.39, 0.29) is 42.7 Å². The molecule has 0 spiro atoms. The van der Waals surface area contributed by atoms with E-state index in [0.717, 1.165) is 10.6 Å². The lowest BCUT2D eigenvalue weighted by Gasteiger charge is -2.14. The number of oxime groups is 1. The summed E-state index contributed by atoms with van der Waals surface area (Å²) >= 11 is 0. The van der Waals surface area contributed by atoms with Gasteiger partial charge in [0.05, 0.1) is 16.4 Å². The molecule has 0 bridgehead atoms. The van der Waals surface area contributed by atoms with Crippen molar-refractivity contribution in [2.24, 2.45) is 16.6 Å². The number of guanidine groups is 1. The van der Waals surface area contributed by atoms with Crippen molar-refractivity contribution >= 4 is 33.3 Å². The van der Waals surface area contributed by atoms with Gasteiger partial charge in [-0.3, -0.25) is 24.4 Å². The minimum Gasteiger partial charge on any atom is -0.391 e. The first-order chi connectivity index (χ1) is 15.4. The normalized spacial score (nSPS) is 10.5. The van der Waals surface area contributed by atoms with Crippen LogP contribution in [0.4, 0.5) is 11.4 Å². The van der Waals surface area contributed by atoms with Gasteiger partial charge in [0.2, 0.25) is 11.9 Å². The van der Waals surface area contributed by atoms with E-state index in [4.69, 9.17) is 16.3 Å². The number of anilines is 1. The highest BCUT2D eigenvalue weighted by molar-refractivity contribution is 7.92. The van der Waals surface area contributed by atoms with Gasteiger partial charge in [0.1, 0.15) is 18.8 Å². The van der Waals surface area contributed by atoms with Crippen LogP contribution in [-0.2, 0) is 26.2 Å². The molecule has 0 radical (unpaired) electrons. The number of benzene rings is 1. The SMILES string of the molecule is C.Cc1ccc([N+](=O)[O-])cc1S(=O)(=O)Nc1ccc(C)n(CC(=O)NCCON=C(N)N)c1=O. The predicted octanol–water partition coefficient (Wildman–Crippen LogP) is 0.131. The number of hydrogen-bond donors (Lipinski definition) is 4. The summed E-state index contributed by atoms with van der Waals surface area (Å²) in [6.07, 6.45) is 0. The lowest BCUT2D eigenvalue weighted by molar-refractivity contribution is -0.385. The number of pyridine rings is 1.